The van der Waals surface area contributed by atoms with Crippen LogP contribution >= 0.6 is 0 Å². The lowest BCUT2D eigenvalue weighted by molar-refractivity contribution is -0.117. The molecule has 2 aromatic carbocycles. The fraction of sp³-hybridized carbons (Fsp3) is 0.273. The Bertz CT molecular complexity index is 961. The molecule has 0 fully saturated rings. The highest BCUT2D eigenvalue weighted by molar-refractivity contribution is 6.10. The first-order valence-corrected chi connectivity index (χ1v) is 9.19. The zero-order valence-corrected chi connectivity index (χ0v) is 16.0. The molecular formula is C22H25N3O2. The van der Waals surface area contributed by atoms with E-state index in [0.29, 0.717) is 5.56 Å². The molecule has 0 bridgehead atoms. The smallest absolute Gasteiger partial charge is 0.238 e. The van der Waals surface area contributed by atoms with Gasteiger partial charge in [-0.3, -0.25) is 14.5 Å². The number of likely N-dealkylation sites (N-methyl/N-ethyl adjacent to an activating group) is 1. The van der Waals surface area contributed by atoms with Crippen molar-refractivity contribution in [2.75, 3.05) is 18.9 Å². The molecule has 0 saturated carbocycles. The van der Waals surface area contributed by atoms with Crippen molar-refractivity contribution in [2.45, 2.75) is 26.3 Å². The summed E-state index contributed by atoms with van der Waals surface area (Å²) in [6.45, 7) is 4.03. The number of carbonyl (C=O) groups is 2. The van der Waals surface area contributed by atoms with Crippen molar-refractivity contribution >= 4 is 28.3 Å². The second-order valence-electron chi connectivity index (χ2n) is 6.76. The standard InChI is InChI=1S/C22H25N3O2/c1-4-16-9-5-7-11-19(16)24-21(26)14-25(3)15(2)22(27)18-13-23-20-12-8-6-10-17(18)20/h5-13,15,23H,4,14H2,1-3H3,(H,24,26)/t15-/m0/s1. The normalized spacial score (nSPS) is 12.3. The highest BCUT2D eigenvalue weighted by atomic mass is 16.2. The number of aromatic nitrogens is 1. The molecule has 1 atom stereocenters. The van der Waals surface area contributed by atoms with Gasteiger partial charge >= 0.3 is 0 Å². The minimum atomic E-state index is -0.406. The number of aryl methyl sites for hydroxylation is 1. The van der Waals surface area contributed by atoms with E-state index in [0.717, 1.165) is 28.6 Å². The number of Topliss-reactive ketones (excluding diaryl/α,β-unsaturated/α-hetero) is 1. The Morgan fingerprint density at radius 1 is 1.11 bits per heavy atom. The van der Waals surface area contributed by atoms with Crippen LogP contribution in [0.3, 0.4) is 0 Å². The Morgan fingerprint density at radius 3 is 2.59 bits per heavy atom. The molecule has 0 aliphatic heterocycles. The van der Waals surface area contributed by atoms with E-state index >= 15 is 0 Å². The van der Waals surface area contributed by atoms with Crippen LogP contribution < -0.4 is 5.32 Å². The number of nitrogens with zero attached hydrogens (tertiary/aromatic N) is 1. The van der Waals surface area contributed by atoms with Crippen molar-refractivity contribution < 1.29 is 9.59 Å². The Labute approximate surface area is 159 Å². The van der Waals surface area contributed by atoms with Gasteiger partial charge in [0.25, 0.3) is 0 Å². The van der Waals surface area contributed by atoms with Gasteiger partial charge in [0.15, 0.2) is 5.78 Å². The molecule has 1 aromatic heterocycles. The summed E-state index contributed by atoms with van der Waals surface area (Å²) in [5, 5.41) is 3.86. The Balaban J connectivity index is 1.67. The lowest BCUT2D eigenvalue weighted by atomic mass is 10.0. The van der Waals surface area contributed by atoms with Gasteiger partial charge in [-0.1, -0.05) is 43.3 Å². The average molecular weight is 363 g/mol. The number of rotatable bonds is 7. The summed E-state index contributed by atoms with van der Waals surface area (Å²) in [5.74, 6) is -0.131. The number of anilines is 1. The molecule has 5 heteroatoms. The molecular weight excluding hydrogens is 338 g/mol. The summed E-state index contributed by atoms with van der Waals surface area (Å²) >= 11 is 0. The van der Waals surface area contributed by atoms with E-state index < -0.39 is 6.04 Å². The molecule has 1 amide bonds. The van der Waals surface area contributed by atoms with Gasteiger partial charge in [0.1, 0.15) is 0 Å². The number of hydrogen-bond donors (Lipinski definition) is 2. The Kier molecular flexibility index (Phi) is 5.72. The number of carbonyl (C=O) groups excluding carboxylic acids is 2. The molecule has 5 nitrogen and oxygen atoms in total. The van der Waals surface area contributed by atoms with Crippen molar-refractivity contribution in [1.29, 1.82) is 0 Å². The Hall–Kier alpha value is -2.92. The van der Waals surface area contributed by atoms with Crippen LogP contribution in [0.5, 0.6) is 0 Å². The van der Waals surface area contributed by atoms with Crippen LogP contribution in [0.4, 0.5) is 5.69 Å². The van der Waals surface area contributed by atoms with E-state index in [1.807, 2.05) is 55.5 Å². The van der Waals surface area contributed by atoms with E-state index in [2.05, 4.69) is 17.2 Å². The number of aromatic amines is 1. The van der Waals surface area contributed by atoms with Crippen LogP contribution in [-0.2, 0) is 11.2 Å². The third kappa shape index (κ3) is 4.09. The van der Waals surface area contributed by atoms with Crippen LogP contribution in [0.25, 0.3) is 10.9 Å². The van der Waals surface area contributed by atoms with Crippen molar-refractivity contribution in [3.63, 3.8) is 0 Å². The number of para-hydroxylation sites is 2. The average Bonchev–Trinajstić information content (AvgIpc) is 3.11. The number of benzene rings is 2. The molecule has 3 rings (SSSR count). The summed E-state index contributed by atoms with van der Waals surface area (Å²) in [5.41, 5.74) is 3.51. The van der Waals surface area contributed by atoms with Gasteiger partial charge in [-0.15, -0.1) is 0 Å². The summed E-state index contributed by atoms with van der Waals surface area (Å²) in [4.78, 5) is 30.3. The summed E-state index contributed by atoms with van der Waals surface area (Å²) in [6, 6.07) is 15.1. The van der Waals surface area contributed by atoms with E-state index in [-0.39, 0.29) is 18.2 Å². The molecule has 2 N–H and O–H groups in total. The van der Waals surface area contributed by atoms with Crippen LogP contribution in [0.2, 0.25) is 0 Å². The van der Waals surface area contributed by atoms with Gasteiger partial charge in [0, 0.05) is 28.4 Å². The van der Waals surface area contributed by atoms with Crippen LogP contribution in [-0.4, -0.2) is 41.2 Å². The Morgan fingerprint density at radius 2 is 1.81 bits per heavy atom. The maximum Gasteiger partial charge on any atom is 0.238 e. The molecule has 0 radical (unpaired) electrons. The van der Waals surface area contributed by atoms with Gasteiger partial charge in [-0.05, 0) is 38.1 Å². The minimum Gasteiger partial charge on any atom is -0.360 e. The van der Waals surface area contributed by atoms with Crippen molar-refractivity contribution in [1.82, 2.24) is 9.88 Å². The lowest BCUT2D eigenvalue weighted by Crippen LogP contribution is -2.41. The van der Waals surface area contributed by atoms with E-state index in [1.165, 1.54) is 0 Å². The summed E-state index contributed by atoms with van der Waals surface area (Å²) in [6.07, 6.45) is 2.59. The van der Waals surface area contributed by atoms with Gasteiger partial charge in [0.2, 0.25) is 5.91 Å². The largest absolute Gasteiger partial charge is 0.360 e. The van der Waals surface area contributed by atoms with Crippen molar-refractivity contribution in [3.8, 4) is 0 Å². The number of hydrogen-bond acceptors (Lipinski definition) is 3. The molecule has 0 aliphatic carbocycles. The molecule has 140 valence electrons. The fourth-order valence-electron chi connectivity index (χ4n) is 3.20. The monoisotopic (exact) mass is 363 g/mol. The zero-order valence-electron chi connectivity index (χ0n) is 16.0. The predicted molar refractivity (Wildman–Crippen MR) is 109 cm³/mol. The number of nitrogens with one attached hydrogen (secondary N) is 2. The van der Waals surface area contributed by atoms with Crippen LogP contribution in [0, 0.1) is 0 Å². The topological polar surface area (TPSA) is 65.2 Å². The quantitative estimate of drug-likeness (QED) is 0.626. The zero-order chi connectivity index (χ0) is 19.4. The second-order valence-corrected chi connectivity index (χ2v) is 6.76. The second kappa shape index (κ2) is 8.18. The summed E-state index contributed by atoms with van der Waals surface area (Å²) < 4.78 is 0. The molecule has 1 heterocycles. The van der Waals surface area contributed by atoms with E-state index in [9.17, 15) is 9.59 Å². The molecule has 0 aliphatic rings. The number of amides is 1. The third-order valence-electron chi connectivity index (χ3n) is 4.96. The molecule has 0 unspecified atom stereocenters. The first-order chi connectivity index (χ1) is 13.0. The van der Waals surface area contributed by atoms with Gasteiger partial charge in [0.05, 0.1) is 12.6 Å². The number of fused-ring (bicyclic) bond motifs is 1. The molecule has 0 spiro atoms. The van der Waals surface area contributed by atoms with Crippen molar-refractivity contribution in [3.05, 3.63) is 65.9 Å². The first kappa shape index (κ1) is 18.9. The van der Waals surface area contributed by atoms with E-state index in [1.54, 1.807) is 18.1 Å². The van der Waals surface area contributed by atoms with Gasteiger partial charge in [-0.2, -0.15) is 0 Å². The highest BCUT2D eigenvalue weighted by Gasteiger charge is 2.23. The maximum absolute atomic E-state index is 12.9. The lowest BCUT2D eigenvalue weighted by Gasteiger charge is -2.23. The maximum atomic E-state index is 12.9. The van der Waals surface area contributed by atoms with Crippen LogP contribution in [0.1, 0.15) is 29.8 Å². The highest BCUT2D eigenvalue weighted by Crippen LogP contribution is 2.20. The third-order valence-corrected chi connectivity index (χ3v) is 4.96. The predicted octanol–water partition coefficient (Wildman–Crippen LogP) is 3.87. The SMILES string of the molecule is CCc1ccccc1NC(=O)CN(C)[C@@H](C)C(=O)c1c[nH]c2ccccc12. The summed E-state index contributed by atoms with van der Waals surface area (Å²) in [7, 11) is 1.79. The van der Waals surface area contributed by atoms with E-state index in [4.69, 9.17) is 0 Å². The first-order valence-electron chi connectivity index (χ1n) is 9.19. The molecule has 0 saturated heterocycles. The van der Waals surface area contributed by atoms with Gasteiger partial charge < -0.3 is 10.3 Å². The fourth-order valence-corrected chi connectivity index (χ4v) is 3.20. The molecule has 27 heavy (non-hydrogen) atoms. The molecule has 3 aromatic rings. The number of H-pyrrole nitrogens is 1. The van der Waals surface area contributed by atoms with Crippen molar-refractivity contribution in [2.24, 2.45) is 0 Å². The number of ketones is 1. The van der Waals surface area contributed by atoms with Crippen LogP contribution in [0.15, 0.2) is 54.7 Å². The van der Waals surface area contributed by atoms with Gasteiger partial charge in [-0.25, -0.2) is 0 Å². The minimum absolute atomic E-state index is 0.00305.